The molecule has 4 saturated heterocycles. The van der Waals surface area contributed by atoms with Crippen LogP contribution in [0, 0.1) is 5.92 Å². The van der Waals surface area contributed by atoms with Crippen molar-refractivity contribution in [3.05, 3.63) is 11.6 Å². The maximum absolute atomic E-state index is 6.33. The summed E-state index contributed by atoms with van der Waals surface area (Å²) in [5.74, 6) is 0.869. The van der Waals surface area contributed by atoms with E-state index in [2.05, 4.69) is 36.6 Å². The number of hydrogen-bond acceptors (Lipinski definition) is 5. The lowest BCUT2D eigenvalue weighted by molar-refractivity contribution is -0.0168. The van der Waals surface area contributed by atoms with Gasteiger partial charge in [0.25, 0.3) is 0 Å². The first-order valence-electron chi connectivity index (χ1n) is 11.5. The Kier molecular flexibility index (Phi) is 5.12. The fraction of sp³-hybridized carbons (Fsp3) is 0.913. The Morgan fingerprint density at radius 3 is 2.46 bits per heavy atom. The second kappa shape index (κ2) is 7.35. The van der Waals surface area contributed by atoms with Crippen LogP contribution in [0.3, 0.4) is 0 Å². The minimum atomic E-state index is -0.0290. The van der Waals surface area contributed by atoms with Crippen molar-refractivity contribution in [3.8, 4) is 0 Å². The van der Waals surface area contributed by atoms with Crippen LogP contribution >= 0.6 is 0 Å². The van der Waals surface area contributed by atoms with Gasteiger partial charge in [-0.3, -0.25) is 9.80 Å². The van der Waals surface area contributed by atoms with Crippen LogP contribution in [-0.4, -0.2) is 85.2 Å². The van der Waals surface area contributed by atoms with Crippen LogP contribution in [0.15, 0.2) is 11.6 Å². The zero-order chi connectivity index (χ0) is 19.4. The van der Waals surface area contributed by atoms with Crippen molar-refractivity contribution in [2.45, 2.75) is 82.3 Å². The predicted molar refractivity (Wildman–Crippen MR) is 110 cm³/mol. The Hall–Kier alpha value is -0.460. The third kappa shape index (κ3) is 3.69. The van der Waals surface area contributed by atoms with Crippen molar-refractivity contribution in [2.24, 2.45) is 5.92 Å². The molecule has 5 fully saturated rings. The van der Waals surface area contributed by atoms with Gasteiger partial charge in [-0.05, 0) is 58.8 Å². The average molecular weight is 391 g/mol. The molecule has 0 bridgehead atoms. The molecule has 5 rings (SSSR count). The van der Waals surface area contributed by atoms with Gasteiger partial charge in [-0.2, -0.15) is 0 Å². The van der Waals surface area contributed by atoms with E-state index < -0.39 is 0 Å². The fourth-order valence-corrected chi connectivity index (χ4v) is 5.98. The monoisotopic (exact) mass is 390 g/mol. The van der Waals surface area contributed by atoms with Gasteiger partial charge in [-0.1, -0.05) is 11.6 Å². The highest BCUT2D eigenvalue weighted by Crippen LogP contribution is 2.60. The van der Waals surface area contributed by atoms with Crippen LogP contribution < -0.4 is 0 Å². The summed E-state index contributed by atoms with van der Waals surface area (Å²) < 4.78 is 17.9. The van der Waals surface area contributed by atoms with Gasteiger partial charge in [0.15, 0.2) is 0 Å². The third-order valence-corrected chi connectivity index (χ3v) is 7.94. The van der Waals surface area contributed by atoms with E-state index >= 15 is 0 Å². The van der Waals surface area contributed by atoms with E-state index in [1.165, 1.54) is 50.9 Å². The van der Waals surface area contributed by atoms with E-state index in [4.69, 9.17) is 14.2 Å². The number of hydrogen-bond donors (Lipinski definition) is 0. The Morgan fingerprint density at radius 2 is 1.79 bits per heavy atom. The zero-order valence-electron chi connectivity index (χ0n) is 18.0. The lowest BCUT2D eigenvalue weighted by Crippen LogP contribution is -2.57. The largest absolute Gasteiger partial charge is 0.379 e. The molecule has 1 saturated carbocycles. The standard InChI is InChI=1S/C23H38N2O3/c1-17(2)4-5-20-22(3,27-20)21-23(28-21)8-6-19(7-9-23)25-15-18(16-25)14-24-10-12-26-13-11-24/h4,18-21H,5-16H2,1-3H3/t19?,20-,21?,22-,23?/m1/s1. The molecular weight excluding hydrogens is 352 g/mol. The number of morpholine rings is 1. The van der Waals surface area contributed by atoms with Crippen molar-refractivity contribution in [3.63, 3.8) is 0 Å². The first kappa shape index (κ1) is 19.5. The van der Waals surface area contributed by atoms with E-state index in [9.17, 15) is 0 Å². The van der Waals surface area contributed by atoms with Gasteiger partial charge in [0, 0.05) is 38.8 Å². The Morgan fingerprint density at radius 1 is 1.07 bits per heavy atom. The maximum Gasteiger partial charge on any atom is 0.121 e. The highest BCUT2D eigenvalue weighted by Gasteiger charge is 2.73. The van der Waals surface area contributed by atoms with Crippen LogP contribution in [0.4, 0.5) is 0 Å². The van der Waals surface area contributed by atoms with Crippen molar-refractivity contribution < 1.29 is 14.2 Å². The number of likely N-dealkylation sites (tertiary alicyclic amines) is 1. The van der Waals surface area contributed by atoms with Gasteiger partial charge < -0.3 is 14.2 Å². The molecular formula is C23H38N2O3. The number of epoxide rings is 2. The molecule has 28 heavy (non-hydrogen) atoms. The summed E-state index contributed by atoms with van der Waals surface area (Å²) in [6, 6.07) is 0.783. The number of allylic oxidation sites excluding steroid dienone is 1. The predicted octanol–water partition coefficient (Wildman–Crippen LogP) is 2.84. The van der Waals surface area contributed by atoms with Gasteiger partial charge >= 0.3 is 0 Å². The van der Waals surface area contributed by atoms with Gasteiger partial charge in [-0.25, -0.2) is 0 Å². The molecule has 0 aromatic heterocycles. The summed E-state index contributed by atoms with van der Waals surface area (Å²) in [6.07, 6.45) is 9.09. The summed E-state index contributed by atoms with van der Waals surface area (Å²) in [6.45, 7) is 14.5. The minimum Gasteiger partial charge on any atom is -0.379 e. The summed E-state index contributed by atoms with van der Waals surface area (Å²) in [5.41, 5.74) is 1.49. The van der Waals surface area contributed by atoms with Gasteiger partial charge in [0.1, 0.15) is 11.7 Å². The molecule has 0 aromatic carbocycles. The molecule has 1 aliphatic carbocycles. The molecule has 158 valence electrons. The van der Waals surface area contributed by atoms with Crippen molar-refractivity contribution in [1.29, 1.82) is 0 Å². The Balaban J connectivity index is 1.04. The maximum atomic E-state index is 6.33. The highest BCUT2D eigenvalue weighted by atomic mass is 16.7. The molecule has 5 aliphatic rings. The SMILES string of the molecule is CC(C)=CC[C@H]1O[C@@]1(C)C1OC12CCC(N1CC(CN3CCOCC3)C1)CC2. The van der Waals surface area contributed by atoms with Crippen LogP contribution in [0.1, 0.15) is 52.9 Å². The summed E-state index contributed by atoms with van der Waals surface area (Å²) >= 11 is 0. The summed E-state index contributed by atoms with van der Waals surface area (Å²) in [5, 5.41) is 0. The highest BCUT2D eigenvalue weighted by molar-refractivity contribution is 5.22. The summed E-state index contributed by atoms with van der Waals surface area (Å²) in [7, 11) is 0. The first-order valence-corrected chi connectivity index (χ1v) is 11.5. The van der Waals surface area contributed by atoms with Crippen molar-refractivity contribution in [2.75, 3.05) is 45.9 Å². The van der Waals surface area contributed by atoms with E-state index in [-0.39, 0.29) is 11.2 Å². The smallest absolute Gasteiger partial charge is 0.121 e. The quantitative estimate of drug-likeness (QED) is 0.515. The first-order chi connectivity index (χ1) is 13.5. The lowest BCUT2D eigenvalue weighted by Gasteiger charge is -2.48. The summed E-state index contributed by atoms with van der Waals surface area (Å²) in [4.78, 5) is 5.33. The van der Waals surface area contributed by atoms with E-state index in [0.717, 1.165) is 44.7 Å². The number of nitrogens with zero attached hydrogens (tertiary/aromatic N) is 2. The molecule has 4 aliphatic heterocycles. The van der Waals surface area contributed by atoms with Gasteiger partial charge in [-0.15, -0.1) is 0 Å². The zero-order valence-corrected chi connectivity index (χ0v) is 18.0. The molecule has 0 radical (unpaired) electrons. The molecule has 3 atom stereocenters. The normalized spacial score (nSPS) is 44.3. The van der Waals surface area contributed by atoms with Gasteiger partial charge in [0.05, 0.1) is 24.9 Å². The van der Waals surface area contributed by atoms with Gasteiger partial charge in [0.2, 0.25) is 0 Å². The molecule has 0 N–H and O–H groups in total. The fourth-order valence-electron chi connectivity index (χ4n) is 5.98. The third-order valence-electron chi connectivity index (χ3n) is 7.94. The molecule has 0 aromatic rings. The van der Waals surface area contributed by atoms with E-state index in [0.29, 0.717) is 12.2 Å². The van der Waals surface area contributed by atoms with Crippen molar-refractivity contribution in [1.82, 2.24) is 9.80 Å². The second-order valence-electron chi connectivity index (χ2n) is 10.3. The van der Waals surface area contributed by atoms with Crippen LogP contribution in [0.2, 0.25) is 0 Å². The molecule has 1 unspecified atom stereocenters. The molecule has 1 spiro atoms. The second-order valence-corrected chi connectivity index (χ2v) is 10.3. The van der Waals surface area contributed by atoms with Crippen LogP contribution in [0.25, 0.3) is 0 Å². The minimum absolute atomic E-state index is 0.0290. The van der Waals surface area contributed by atoms with E-state index in [1.54, 1.807) is 0 Å². The number of ether oxygens (including phenoxy) is 3. The molecule has 0 amide bonds. The van der Waals surface area contributed by atoms with Crippen LogP contribution in [-0.2, 0) is 14.2 Å². The lowest BCUT2D eigenvalue weighted by atomic mass is 9.78. The van der Waals surface area contributed by atoms with Crippen LogP contribution in [0.5, 0.6) is 0 Å². The Bertz CT molecular complexity index is 599. The molecule has 4 heterocycles. The Labute approximate surface area is 170 Å². The van der Waals surface area contributed by atoms with E-state index in [1.807, 2.05) is 0 Å². The average Bonchev–Trinajstić information content (AvgIpc) is 3.54. The van der Waals surface area contributed by atoms with Crippen molar-refractivity contribution >= 4 is 0 Å². The topological polar surface area (TPSA) is 40.8 Å². The number of rotatable bonds is 6. The molecule has 5 nitrogen and oxygen atoms in total. The molecule has 5 heteroatoms.